The number of anilines is 2. The lowest BCUT2D eigenvalue weighted by Crippen LogP contribution is -2.37. The summed E-state index contributed by atoms with van der Waals surface area (Å²) in [5.74, 6) is -0.693. The molecule has 0 N–H and O–H groups in total. The van der Waals surface area contributed by atoms with Crippen molar-refractivity contribution in [2.45, 2.75) is 51.7 Å². The fourth-order valence-electron chi connectivity index (χ4n) is 4.01. The molecule has 0 aromatic heterocycles. The molecular weight excluding hydrogens is 429 g/mol. The van der Waals surface area contributed by atoms with E-state index >= 15 is 0 Å². The number of Topliss-reactive ketones (excluding diaryl/α,β-unsaturated/α-hetero) is 1. The molecule has 0 radical (unpaired) electrons. The first-order chi connectivity index (χ1) is 15.4. The van der Waals surface area contributed by atoms with E-state index in [0.29, 0.717) is 22.4 Å². The molecule has 0 unspecified atom stereocenters. The van der Waals surface area contributed by atoms with Crippen molar-refractivity contribution in [3.63, 3.8) is 0 Å². The van der Waals surface area contributed by atoms with Crippen molar-refractivity contribution in [2.75, 3.05) is 23.4 Å². The predicted molar refractivity (Wildman–Crippen MR) is 121 cm³/mol. The Labute approximate surface area is 191 Å². The first kappa shape index (κ1) is 22.7. The van der Waals surface area contributed by atoms with Gasteiger partial charge in [-0.3, -0.25) is 19.8 Å². The van der Waals surface area contributed by atoms with E-state index in [0.717, 1.165) is 17.7 Å². The van der Waals surface area contributed by atoms with Crippen molar-refractivity contribution in [1.82, 2.24) is 0 Å². The Morgan fingerprint density at radius 1 is 1.21 bits per heavy atom. The van der Waals surface area contributed by atoms with E-state index in [9.17, 15) is 24.1 Å². The largest absolute Gasteiger partial charge is 0.443 e. The zero-order valence-electron chi connectivity index (χ0n) is 19.1. The minimum atomic E-state index is -0.740. The average Bonchev–Trinajstić information content (AvgIpc) is 3.56. The summed E-state index contributed by atoms with van der Waals surface area (Å²) in [4.78, 5) is 39.1. The molecule has 0 atom stereocenters. The molecule has 4 rings (SSSR count). The second-order valence-corrected chi connectivity index (χ2v) is 9.55. The summed E-state index contributed by atoms with van der Waals surface area (Å²) in [6.45, 7) is 5.47. The normalized spacial score (nSPS) is 15.8. The lowest BCUT2D eigenvalue weighted by Gasteiger charge is -2.31. The van der Waals surface area contributed by atoms with E-state index in [1.165, 1.54) is 25.2 Å². The topological polar surface area (TPSA) is 93.0 Å². The van der Waals surface area contributed by atoms with Crippen molar-refractivity contribution in [2.24, 2.45) is 0 Å². The molecule has 0 spiro atoms. The maximum absolute atomic E-state index is 14.9. The number of nitro benzene ring substituents is 1. The summed E-state index contributed by atoms with van der Waals surface area (Å²) in [5, 5.41) is 11.4. The summed E-state index contributed by atoms with van der Waals surface area (Å²) >= 11 is 0. The van der Waals surface area contributed by atoms with Gasteiger partial charge in [-0.05, 0) is 69.4 Å². The maximum atomic E-state index is 14.9. The second kappa shape index (κ2) is 8.13. The number of nitrogens with zero attached hydrogens (tertiary/aromatic N) is 3. The van der Waals surface area contributed by atoms with Crippen LogP contribution in [0.2, 0.25) is 0 Å². The molecule has 1 amide bonds. The number of fused-ring (bicyclic) bond motifs is 1. The van der Waals surface area contributed by atoms with E-state index in [-0.39, 0.29) is 41.1 Å². The minimum absolute atomic E-state index is 0.0313. The molecule has 0 bridgehead atoms. The maximum Gasteiger partial charge on any atom is 0.414 e. The van der Waals surface area contributed by atoms with Crippen LogP contribution in [0.25, 0.3) is 0 Å². The molecular formula is C24H26FN3O5. The van der Waals surface area contributed by atoms with Crippen LogP contribution in [0.15, 0.2) is 30.3 Å². The van der Waals surface area contributed by atoms with E-state index in [1.54, 1.807) is 37.8 Å². The van der Waals surface area contributed by atoms with Crippen LogP contribution < -0.4 is 9.80 Å². The number of hydrogen-bond acceptors (Lipinski definition) is 6. The van der Waals surface area contributed by atoms with Gasteiger partial charge in [0.1, 0.15) is 11.4 Å². The van der Waals surface area contributed by atoms with Crippen LogP contribution in [-0.4, -0.2) is 36.0 Å². The van der Waals surface area contributed by atoms with E-state index < -0.39 is 17.5 Å². The van der Waals surface area contributed by atoms with E-state index in [4.69, 9.17) is 4.74 Å². The zero-order valence-corrected chi connectivity index (χ0v) is 19.1. The summed E-state index contributed by atoms with van der Waals surface area (Å²) in [5.41, 5.74) is 1.53. The highest BCUT2D eigenvalue weighted by atomic mass is 19.1. The Hall–Kier alpha value is -3.49. The molecule has 33 heavy (non-hydrogen) atoms. The van der Waals surface area contributed by atoms with Gasteiger partial charge in [0.2, 0.25) is 0 Å². The SMILES string of the molecule is CN(C(=O)OC(C)(C)C)c1cc2c(cc1F)CN(c1ccc([N+](=O)[O-])c(C3CC3)c1)CC2=O. The zero-order chi connectivity index (χ0) is 24.1. The van der Waals surface area contributed by atoms with Crippen LogP contribution in [-0.2, 0) is 11.3 Å². The summed E-state index contributed by atoms with van der Waals surface area (Å²) in [6, 6.07) is 7.53. The molecule has 1 aliphatic heterocycles. The number of hydrogen-bond donors (Lipinski definition) is 0. The van der Waals surface area contributed by atoms with Gasteiger partial charge in [-0.1, -0.05) is 0 Å². The molecule has 1 saturated carbocycles. The van der Waals surface area contributed by atoms with Gasteiger partial charge in [0.15, 0.2) is 5.78 Å². The number of carbonyl (C=O) groups excluding carboxylic acids is 2. The van der Waals surface area contributed by atoms with Gasteiger partial charge in [0.25, 0.3) is 5.69 Å². The Bertz CT molecular complexity index is 1150. The van der Waals surface area contributed by atoms with Gasteiger partial charge in [-0.15, -0.1) is 0 Å². The number of halogens is 1. The van der Waals surface area contributed by atoms with Crippen LogP contribution in [0, 0.1) is 15.9 Å². The highest BCUT2D eigenvalue weighted by Gasteiger charge is 2.33. The molecule has 8 nitrogen and oxygen atoms in total. The number of ketones is 1. The lowest BCUT2D eigenvalue weighted by atomic mass is 9.96. The average molecular weight is 455 g/mol. The van der Waals surface area contributed by atoms with Crippen molar-refractivity contribution in [3.8, 4) is 0 Å². The number of amides is 1. The van der Waals surface area contributed by atoms with Crippen molar-refractivity contribution >= 4 is 28.9 Å². The molecule has 2 aromatic carbocycles. The van der Waals surface area contributed by atoms with Gasteiger partial charge in [0.05, 0.1) is 17.2 Å². The number of ether oxygens (including phenoxy) is 1. The van der Waals surface area contributed by atoms with Gasteiger partial charge >= 0.3 is 6.09 Å². The lowest BCUT2D eigenvalue weighted by molar-refractivity contribution is -0.385. The summed E-state index contributed by atoms with van der Waals surface area (Å²) < 4.78 is 20.2. The quantitative estimate of drug-likeness (QED) is 0.466. The van der Waals surface area contributed by atoms with Crippen molar-refractivity contribution in [1.29, 1.82) is 0 Å². The smallest absolute Gasteiger partial charge is 0.414 e. The third-order valence-corrected chi connectivity index (χ3v) is 5.79. The van der Waals surface area contributed by atoms with E-state index in [1.807, 2.05) is 0 Å². The minimum Gasteiger partial charge on any atom is -0.443 e. The van der Waals surface area contributed by atoms with Crippen LogP contribution in [0.3, 0.4) is 0 Å². The van der Waals surface area contributed by atoms with Crippen molar-refractivity contribution in [3.05, 3.63) is 63.0 Å². The van der Waals surface area contributed by atoms with Crippen LogP contribution in [0.4, 0.5) is 26.2 Å². The standard InChI is InChI=1S/C24H26FN3O5/c1-24(2,3)33-23(30)26(4)21-11-18-15(9-19(21)25)12-27(13-22(18)29)16-7-8-20(28(31)32)17(10-16)14-5-6-14/h7-11,14H,5-6,12-13H2,1-4H3. The monoisotopic (exact) mass is 455 g/mol. The van der Waals surface area contributed by atoms with Gasteiger partial charge in [-0.25, -0.2) is 9.18 Å². The Kier molecular flexibility index (Phi) is 5.59. The van der Waals surface area contributed by atoms with Gasteiger partial charge in [-0.2, -0.15) is 0 Å². The highest BCUT2D eigenvalue weighted by Crippen LogP contribution is 2.45. The molecule has 1 heterocycles. The van der Waals surface area contributed by atoms with Gasteiger partial charge < -0.3 is 9.64 Å². The van der Waals surface area contributed by atoms with Crippen molar-refractivity contribution < 1.29 is 23.6 Å². The Morgan fingerprint density at radius 2 is 1.91 bits per heavy atom. The highest BCUT2D eigenvalue weighted by molar-refractivity contribution is 6.03. The van der Waals surface area contributed by atoms with Gasteiger partial charge in [0, 0.05) is 36.5 Å². The van der Waals surface area contributed by atoms with Crippen LogP contribution in [0.1, 0.15) is 61.0 Å². The van der Waals surface area contributed by atoms with E-state index in [2.05, 4.69) is 0 Å². The predicted octanol–water partition coefficient (Wildman–Crippen LogP) is 5.19. The number of rotatable bonds is 4. The Balaban J connectivity index is 1.62. The molecule has 0 saturated heterocycles. The fraction of sp³-hybridized carbons (Fsp3) is 0.417. The number of benzene rings is 2. The molecule has 1 fully saturated rings. The third kappa shape index (κ3) is 4.67. The first-order valence-corrected chi connectivity index (χ1v) is 10.8. The fourth-order valence-corrected chi connectivity index (χ4v) is 4.01. The molecule has 1 aliphatic carbocycles. The number of carbonyl (C=O) groups is 2. The summed E-state index contributed by atoms with van der Waals surface area (Å²) in [7, 11) is 1.40. The molecule has 2 aromatic rings. The Morgan fingerprint density at radius 3 is 2.52 bits per heavy atom. The number of nitro groups is 1. The summed E-state index contributed by atoms with van der Waals surface area (Å²) in [6.07, 6.45) is 1.10. The molecule has 174 valence electrons. The molecule has 2 aliphatic rings. The van der Waals surface area contributed by atoms with Crippen LogP contribution >= 0.6 is 0 Å². The third-order valence-electron chi connectivity index (χ3n) is 5.79. The first-order valence-electron chi connectivity index (χ1n) is 10.8. The second-order valence-electron chi connectivity index (χ2n) is 9.55. The van der Waals surface area contributed by atoms with Crippen LogP contribution in [0.5, 0.6) is 0 Å². The molecule has 9 heteroatoms.